The minimum absolute atomic E-state index is 0.0224. The smallest absolute Gasteiger partial charge is 0.220 e. The fourth-order valence-corrected chi connectivity index (χ4v) is 2.72. The van der Waals surface area contributed by atoms with Gasteiger partial charge in [-0.25, -0.2) is 4.39 Å². The summed E-state index contributed by atoms with van der Waals surface area (Å²) in [6, 6.07) is 12.6. The molecule has 1 amide bonds. The number of rotatable bonds is 7. The van der Waals surface area contributed by atoms with Gasteiger partial charge in [0.25, 0.3) is 0 Å². The normalized spacial score (nSPS) is 12.7. The molecular weight excluding hydrogens is 307 g/mol. The first-order valence-corrected chi connectivity index (χ1v) is 8.18. The topological polar surface area (TPSA) is 50.4 Å². The van der Waals surface area contributed by atoms with E-state index in [2.05, 4.69) is 22.8 Å². The molecular formula is C19H21FN2O2. The molecule has 0 unspecified atom stereocenters. The lowest BCUT2D eigenvalue weighted by Gasteiger charge is -2.08. The van der Waals surface area contributed by atoms with E-state index in [4.69, 9.17) is 4.74 Å². The van der Waals surface area contributed by atoms with Gasteiger partial charge in [-0.1, -0.05) is 30.3 Å². The standard InChI is InChI=1S/C19H21FN2O2/c20-17-4-1-2-5-18(17)24-9-3-6-19(23)22-11-14-7-8-15-12-21-13-16(15)10-14/h1-2,4-5,7-8,10,21H,3,6,9,11-13H2,(H,22,23). The Morgan fingerprint density at radius 3 is 2.88 bits per heavy atom. The fourth-order valence-electron chi connectivity index (χ4n) is 2.72. The van der Waals surface area contributed by atoms with Crippen molar-refractivity contribution in [2.45, 2.75) is 32.5 Å². The third-order valence-electron chi connectivity index (χ3n) is 4.03. The van der Waals surface area contributed by atoms with Gasteiger partial charge in [-0.2, -0.15) is 0 Å². The van der Waals surface area contributed by atoms with E-state index < -0.39 is 0 Å². The molecule has 2 aromatic rings. The highest BCUT2D eigenvalue weighted by atomic mass is 19.1. The molecule has 0 fully saturated rings. The number of benzene rings is 2. The van der Waals surface area contributed by atoms with Crippen LogP contribution >= 0.6 is 0 Å². The third kappa shape index (κ3) is 4.32. The molecule has 0 aliphatic carbocycles. The van der Waals surface area contributed by atoms with Crippen molar-refractivity contribution >= 4 is 5.91 Å². The van der Waals surface area contributed by atoms with Crippen molar-refractivity contribution in [1.82, 2.24) is 10.6 Å². The second-order valence-electron chi connectivity index (χ2n) is 5.87. The van der Waals surface area contributed by atoms with E-state index in [1.54, 1.807) is 18.2 Å². The molecule has 0 radical (unpaired) electrons. The fraction of sp³-hybridized carbons (Fsp3) is 0.316. The molecule has 0 saturated carbocycles. The van der Waals surface area contributed by atoms with Crippen molar-refractivity contribution in [1.29, 1.82) is 0 Å². The predicted octanol–water partition coefficient (Wildman–Crippen LogP) is 2.90. The maximum absolute atomic E-state index is 13.4. The molecule has 0 bridgehead atoms. The number of nitrogens with one attached hydrogen (secondary N) is 2. The van der Waals surface area contributed by atoms with Gasteiger partial charge in [0.05, 0.1) is 6.61 Å². The number of halogens is 1. The van der Waals surface area contributed by atoms with Crippen LogP contribution in [0.2, 0.25) is 0 Å². The highest BCUT2D eigenvalue weighted by Crippen LogP contribution is 2.17. The largest absolute Gasteiger partial charge is 0.491 e. The summed E-state index contributed by atoms with van der Waals surface area (Å²) in [6.07, 6.45) is 0.912. The molecule has 24 heavy (non-hydrogen) atoms. The summed E-state index contributed by atoms with van der Waals surface area (Å²) in [7, 11) is 0. The van der Waals surface area contributed by atoms with Crippen LogP contribution < -0.4 is 15.4 Å². The van der Waals surface area contributed by atoms with Crippen LogP contribution in [0.5, 0.6) is 5.75 Å². The average Bonchev–Trinajstić information content (AvgIpc) is 3.06. The lowest BCUT2D eigenvalue weighted by molar-refractivity contribution is -0.121. The maximum Gasteiger partial charge on any atom is 0.220 e. The quantitative estimate of drug-likeness (QED) is 0.769. The molecule has 2 N–H and O–H groups in total. The second kappa shape index (κ2) is 7.93. The van der Waals surface area contributed by atoms with Gasteiger partial charge < -0.3 is 15.4 Å². The van der Waals surface area contributed by atoms with E-state index in [0.717, 1.165) is 18.7 Å². The van der Waals surface area contributed by atoms with E-state index in [9.17, 15) is 9.18 Å². The lowest BCUT2D eigenvalue weighted by atomic mass is 10.1. The van der Waals surface area contributed by atoms with Crippen LogP contribution in [-0.2, 0) is 24.4 Å². The average molecular weight is 328 g/mol. The van der Waals surface area contributed by atoms with Gasteiger partial charge in [0.1, 0.15) is 0 Å². The first-order valence-electron chi connectivity index (χ1n) is 8.18. The molecule has 0 atom stereocenters. The Kier molecular flexibility index (Phi) is 5.43. The Balaban J connectivity index is 1.36. The Morgan fingerprint density at radius 2 is 2.00 bits per heavy atom. The SMILES string of the molecule is O=C(CCCOc1ccccc1F)NCc1ccc2c(c1)CNC2. The molecule has 4 nitrogen and oxygen atoms in total. The number of carbonyl (C=O) groups excluding carboxylic acids is 1. The zero-order valence-electron chi connectivity index (χ0n) is 13.5. The number of carbonyl (C=O) groups is 1. The highest BCUT2D eigenvalue weighted by molar-refractivity contribution is 5.75. The molecule has 1 aliphatic heterocycles. The molecule has 3 rings (SSSR count). The van der Waals surface area contributed by atoms with Crippen molar-refractivity contribution in [3.63, 3.8) is 0 Å². The number of ether oxygens (including phenoxy) is 1. The van der Waals surface area contributed by atoms with Gasteiger partial charge in [0, 0.05) is 26.1 Å². The molecule has 126 valence electrons. The van der Waals surface area contributed by atoms with Crippen LogP contribution in [0.1, 0.15) is 29.5 Å². The van der Waals surface area contributed by atoms with E-state index in [1.165, 1.54) is 17.2 Å². The predicted molar refractivity (Wildman–Crippen MR) is 90.0 cm³/mol. The van der Waals surface area contributed by atoms with Gasteiger partial charge >= 0.3 is 0 Å². The van der Waals surface area contributed by atoms with Gasteiger partial charge in [0.2, 0.25) is 5.91 Å². The number of para-hydroxylation sites is 1. The number of amides is 1. The van der Waals surface area contributed by atoms with Crippen LogP contribution in [0.25, 0.3) is 0 Å². The Bertz CT molecular complexity index is 718. The lowest BCUT2D eigenvalue weighted by Crippen LogP contribution is -2.23. The van der Waals surface area contributed by atoms with Gasteiger partial charge in [0.15, 0.2) is 11.6 Å². The van der Waals surface area contributed by atoms with Crippen LogP contribution in [0.15, 0.2) is 42.5 Å². The van der Waals surface area contributed by atoms with E-state index in [0.29, 0.717) is 26.0 Å². The van der Waals surface area contributed by atoms with E-state index in [-0.39, 0.29) is 17.5 Å². The molecule has 0 aromatic heterocycles. The van der Waals surface area contributed by atoms with Gasteiger partial charge in [-0.3, -0.25) is 4.79 Å². The summed E-state index contributed by atoms with van der Waals surface area (Å²) in [6.45, 7) is 2.66. The first-order chi connectivity index (χ1) is 11.7. The van der Waals surface area contributed by atoms with Crippen molar-refractivity contribution in [2.75, 3.05) is 6.61 Å². The van der Waals surface area contributed by atoms with Gasteiger partial charge in [-0.15, -0.1) is 0 Å². The highest BCUT2D eigenvalue weighted by Gasteiger charge is 2.10. The Hall–Kier alpha value is -2.40. The zero-order valence-corrected chi connectivity index (χ0v) is 13.5. The number of fused-ring (bicyclic) bond motifs is 1. The number of hydrogen-bond acceptors (Lipinski definition) is 3. The summed E-state index contributed by atoms with van der Waals surface area (Å²) < 4.78 is 18.7. The maximum atomic E-state index is 13.4. The number of hydrogen-bond donors (Lipinski definition) is 2. The van der Waals surface area contributed by atoms with E-state index >= 15 is 0 Å². The van der Waals surface area contributed by atoms with Crippen LogP contribution in [0.3, 0.4) is 0 Å². The van der Waals surface area contributed by atoms with Crippen LogP contribution in [0.4, 0.5) is 4.39 Å². The molecule has 2 aromatic carbocycles. The van der Waals surface area contributed by atoms with Crippen molar-refractivity contribution < 1.29 is 13.9 Å². The molecule has 1 aliphatic rings. The van der Waals surface area contributed by atoms with Crippen LogP contribution in [-0.4, -0.2) is 12.5 Å². The van der Waals surface area contributed by atoms with Gasteiger partial charge in [-0.05, 0) is 35.2 Å². The summed E-state index contributed by atoms with van der Waals surface area (Å²) in [5, 5.41) is 6.21. The van der Waals surface area contributed by atoms with Crippen molar-refractivity contribution in [3.05, 3.63) is 65.0 Å². The first kappa shape index (κ1) is 16.5. The second-order valence-corrected chi connectivity index (χ2v) is 5.87. The summed E-state index contributed by atoms with van der Waals surface area (Å²) in [5.74, 6) is -0.177. The minimum Gasteiger partial charge on any atom is -0.491 e. The Labute approximate surface area is 141 Å². The Morgan fingerprint density at radius 1 is 1.17 bits per heavy atom. The third-order valence-corrected chi connectivity index (χ3v) is 4.03. The zero-order chi connectivity index (χ0) is 16.8. The van der Waals surface area contributed by atoms with Crippen LogP contribution in [0, 0.1) is 5.82 Å². The molecule has 0 saturated heterocycles. The van der Waals surface area contributed by atoms with E-state index in [1.807, 2.05) is 6.07 Å². The molecule has 0 spiro atoms. The van der Waals surface area contributed by atoms with Crippen molar-refractivity contribution in [3.8, 4) is 5.75 Å². The van der Waals surface area contributed by atoms with Crippen molar-refractivity contribution in [2.24, 2.45) is 0 Å². The monoisotopic (exact) mass is 328 g/mol. The summed E-state index contributed by atoms with van der Waals surface area (Å²) in [4.78, 5) is 11.9. The minimum atomic E-state index is -0.381. The summed E-state index contributed by atoms with van der Waals surface area (Å²) in [5.41, 5.74) is 3.74. The molecule has 1 heterocycles. The summed E-state index contributed by atoms with van der Waals surface area (Å²) >= 11 is 0. The molecule has 5 heteroatoms.